The van der Waals surface area contributed by atoms with Crippen molar-refractivity contribution in [3.8, 4) is 0 Å². The van der Waals surface area contributed by atoms with E-state index in [1.165, 1.54) is 12.8 Å². The molecule has 0 saturated carbocycles. The number of rotatable bonds is 16. The highest BCUT2D eigenvalue weighted by molar-refractivity contribution is 7.80. The van der Waals surface area contributed by atoms with E-state index in [9.17, 15) is 4.79 Å². The molecule has 0 saturated heterocycles. The fourth-order valence-corrected chi connectivity index (χ4v) is 2.31. The van der Waals surface area contributed by atoms with Crippen LogP contribution in [-0.2, 0) is 4.79 Å². The van der Waals surface area contributed by atoms with E-state index in [4.69, 9.17) is 5.11 Å². The van der Waals surface area contributed by atoms with E-state index >= 15 is 0 Å². The van der Waals surface area contributed by atoms with Crippen LogP contribution in [0, 0.1) is 0 Å². The number of carbonyl (C=O) groups is 1. The fourth-order valence-electron chi connectivity index (χ4n) is 2.09. The third-order valence-electron chi connectivity index (χ3n) is 3.47. The second kappa shape index (κ2) is 20.8. The van der Waals surface area contributed by atoms with Crippen molar-refractivity contribution in [3.05, 3.63) is 48.6 Å². The lowest BCUT2D eigenvalue weighted by Gasteiger charge is -2.00. The van der Waals surface area contributed by atoms with Crippen molar-refractivity contribution in [2.45, 2.75) is 57.8 Å². The number of amides is 1. The first-order valence-electron chi connectivity index (χ1n) is 9.39. The smallest absolute Gasteiger partial charge is 0.220 e. The van der Waals surface area contributed by atoms with Gasteiger partial charge in [-0.05, 0) is 57.1 Å². The van der Waals surface area contributed by atoms with Crippen LogP contribution in [-0.4, -0.2) is 29.9 Å². The molecule has 0 fully saturated rings. The first-order valence-corrected chi connectivity index (χ1v) is 10.0. The lowest BCUT2D eigenvalue weighted by atomic mass is 10.2. The topological polar surface area (TPSA) is 49.3 Å². The van der Waals surface area contributed by atoms with Gasteiger partial charge in [0.05, 0.1) is 6.61 Å². The normalized spacial score (nSPS) is 12.2. The summed E-state index contributed by atoms with van der Waals surface area (Å²) < 4.78 is 0. The molecule has 0 rings (SSSR count). The van der Waals surface area contributed by atoms with Gasteiger partial charge in [0.2, 0.25) is 5.91 Å². The van der Waals surface area contributed by atoms with Crippen molar-refractivity contribution >= 4 is 18.5 Å². The van der Waals surface area contributed by atoms with Gasteiger partial charge in [-0.15, -0.1) is 0 Å². The second-order valence-corrected chi connectivity index (χ2v) is 6.23. The van der Waals surface area contributed by atoms with E-state index in [2.05, 4.69) is 66.6 Å². The standard InChI is InChI=1S/C21H35NO2S/c23-19-18-22-21(24)17-15-13-11-9-7-5-3-1-2-4-6-8-10-12-14-16-20-25/h2-5,8-11,23,25H,1,6-7,12-20H2,(H,22,24)/b4-2-,5-3-,10-8-,11-9-. The van der Waals surface area contributed by atoms with Gasteiger partial charge in [-0.1, -0.05) is 48.6 Å². The summed E-state index contributed by atoms with van der Waals surface area (Å²) in [4.78, 5) is 11.3. The molecule has 1 amide bonds. The summed E-state index contributed by atoms with van der Waals surface area (Å²) in [6.45, 7) is 0.348. The van der Waals surface area contributed by atoms with E-state index in [0.29, 0.717) is 13.0 Å². The number of aliphatic hydroxyl groups is 1. The summed E-state index contributed by atoms with van der Waals surface area (Å²) in [7, 11) is 0. The van der Waals surface area contributed by atoms with Crippen molar-refractivity contribution in [3.63, 3.8) is 0 Å². The first kappa shape index (κ1) is 23.7. The fraction of sp³-hybridized carbons (Fsp3) is 0.571. The van der Waals surface area contributed by atoms with Crippen LogP contribution in [0.3, 0.4) is 0 Å². The van der Waals surface area contributed by atoms with Crippen LogP contribution in [0.4, 0.5) is 0 Å². The molecule has 0 aliphatic carbocycles. The average molecular weight is 366 g/mol. The molecule has 3 nitrogen and oxygen atoms in total. The van der Waals surface area contributed by atoms with Crippen LogP contribution in [0.2, 0.25) is 0 Å². The molecular formula is C21H35NO2S. The number of aliphatic hydroxyl groups excluding tert-OH is 1. The molecule has 25 heavy (non-hydrogen) atoms. The second-order valence-electron chi connectivity index (χ2n) is 5.78. The number of carbonyl (C=O) groups excluding carboxylic acids is 1. The number of thiol groups is 1. The maximum absolute atomic E-state index is 11.3. The van der Waals surface area contributed by atoms with Crippen LogP contribution in [0.1, 0.15) is 57.8 Å². The van der Waals surface area contributed by atoms with Crippen LogP contribution in [0.25, 0.3) is 0 Å². The van der Waals surface area contributed by atoms with Crippen molar-refractivity contribution in [2.75, 3.05) is 18.9 Å². The molecule has 4 heteroatoms. The van der Waals surface area contributed by atoms with Gasteiger partial charge in [-0.25, -0.2) is 0 Å². The molecular weight excluding hydrogens is 330 g/mol. The lowest BCUT2D eigenvalue weighted by Crippen LogP contribution is -2.25. The zero-order chi connectivity index (χ0) is 18.4. The Morgan fingerprint density at radius 2 is 1.32 bits per heavy atom. The highest BCUT2D eigenvalue weighted by atomic mass is 32.1. The Morgan fingerprint density at radius 1 is 0.800 bits per heavy atom. The van der Waals surface area contributed by atoms with Crippen LogP contribution >= 0.6 is 12.6 Å². The Labute approximate surface area is 159 Å². The third-order valence-corrected chi connectivity index (χ3v) is 3.79. The molecule has 0 aliphatic rings. The van der Waals surface area contributed by atoms with Gasteiger partial charge in [0.25, 0.3) is 0 Å². The Balaban J connectivity index is 3.44. The number of nitrogens with one attached hydrogen (secondary N) is 1. The molecule has 0 aromatic rings. The SMILES string of the molecule is O=C(CCC/C=C\C/C=C\C/C=C\C/C=C\CCCCS)NCCO. The van der Waals surface area contributed by atoms with Crippen LogP contribution in [0.5, 0.6) is 0 Å². The summed E-state index contributed by atoms with van der Waals surface area (Å²) in [5.74, 6) is 0.999. The van der Waals surface area contributed by atoms with E-state index in [-0.39, 0.29) is 12.5 Å². The summed E-state index contributed by atoms with van der Waals surface area (Å²) in [5.41, 5.74) is 0. The van der Waals surface area contributed by atoms with E-state index in [1.54, 1.807) is 0 Å². The number of allylic oxidation sites excluding steroid dienone is 8. The van der Waals surface area contributed by atoms with Crippen molar-refractivity contribution in [1.82, 2.24) is 5.32 Å². The van der Waals surface area contributed by atoms with Crippen molar-refractivity contribution in [1.29, 1.82) is 0 Å². The summed E-state index contributed by atoms with van der Waals surface area (Å²) in [6.07, 6.45) is 26.3. The lowest BCUT2D eigenvalue weighted by molar-refractivity contribution is -0.121. The van der Waals surface area contributed by atoms with Crippen LogP contribution < -0.4 is 5.32 Å². The minimum atomic E-state index is 0.000580. The number of hydrogen-bond donors (Lipinski definition) is 3. The van der Waals surface area contributed by atoms with Gasteiger partial charge in [-0.2, -0.15) is 12.6 Å². The Kier molecular flexibility index (Phi) is 19.7. The zero-order valence-corrected chi connectivity index (χ0v) is 16.3. The predicted molar refractivity (Wildman–Crippen MR) is 112 cm³/mol. The van der Waals surface area contributed by atoms with E-state index < -0.39 is 0 Å². The Bertz CT molecular complexity index is 414. The molecule has 0 aromatic carbocycles. The molecule has 0 aromatic heterocycles. The summed E-state index contributed by atoms with van der Waals surface area (Å²) >= 11 is 4.20. The molecule has 0 radical (unpaired) electrons. The van der Waals surface area contributed by atoms with Gasteiger partial charge in [0.15, 0.2) is 0 Å². The summed E-state index contributed by atoms with van der Waals surface area (Å²) in [6, 6.07) is 0. The quantitative estimate of drug-likeness (QED) is 0.210. The molecule has 2 N–H and O–H groups in total. The number of hydrogen-bond acceptors (Lipinski definition) is 3. The van der Waals surface area contributed by atoms with Crippen molar-refractivity contribution in [2.24, 2.45) is 0 Å². The van der Waals surface area contributed by atoms with Gasteiger partial charge in [0.1, 0.15) is 0 Å². The Hall–Kier alpha value is -1.26. The maximum Gasteiger partial charge on any atom is 0.220 e. The molecule has 0 aliphatic heterocycles. The highest BCUT2D eigenvalue weighted by Gasteiger charge is 1.97. The summed E-state index contributed by atoms with van der Waals surface area (Å²) in [5, 5.41) is 11.2. The van der Waals surface area contributed by atoms with E-state index in [0.717, 1.165) is 44.3 Å². The maximum atomic E-state index is 11.3. The van der Waals surface area contributed by atoms with Crippen molar-refractivity contribution < 1.29 is 9.90 Å². The zero-order valence-electron chi connectivity index (χ0n) is 15.4. The van der Waals surface area contributed by atoms with Gasteiger partial charge in [0, 0.05) is 13.0 Å². The monoisotopic (exact) mass is 365 g/mol. The van der Waals surface area contributed by atoms with Gasteiger partial charge in [-0.3, -0.25) is 4.79 Å². The molecule has 0 bridgehead atoms. The van der Waals surface area contributed by atoms with Crippen LogP contribution in [0.15, 0.2) is 48.6 Å². The highest BCUT2D eigenvalue weighted by Crippen LogP contribution is 2.00. The van der Waals surface area contributed by atoms with E-state index in [1.807, 2.05) is 0 Å². The largest absolute Gasteiger partial charge is 0.395 e. The first-order chi connectivity index (χ1) is 12.3. The average Bonchev–Trinajstić information content (AvgIpc) is 2.62. The molecule has 0 unspecified atom stereocenters. The Morgan fingerprint density at radius 3 is 1.84 bits per heavy atom. The van der Waals surface area contributed by atoms with Gasteiger partial charge >= 0.3 is 0 Å². The third kappa shape index (κ3) is 20.7. The van der Waals surface area contributed by atoms with Gasteiger partial charge < -0.3 is 10.4 Å². The minimum absolute atomic E-state index is 0.000580. The molecule has 0 heterocycles. The molecule has 142 valence electrons. The number of unbranched alkanes of at least 4 members (excludes halogenated alkanes) is 3. The molecule has 0 atom stereocenters. The minimum Gasteiger partial charge on any atom is -0.395 e. The molecule has 0 spiro atoms. The predicted octanol–water partition coefficient (Wildman–Crippen LogP) is 4.76.